The quantitative estimate of drug-likeness (QED) is 0.286. The van der Waals surface area contributed by atoms with Crippen LogP contribution in [0.25, 0.3) is 11.1 Å². The maximum absolute atomic E-state index is 5.82. The molecule has 0 aromatic heterocycles. The smallest absolute Gasteiger partial charge is 1.00 e. The van der Waals surface area contributed by atoms with E-state index in [1.165, 1.54) is 45.5 Å². The van der Waals surface area contributed by atoms with Crippen molar-refractivity contribution in [1.29, 1.82) is 0 Å². The van der Waals surface area contributed by atoms with Gasteiger partial charge in [-0.05, 0) is 0 Å². The number of hydrogen-bond donors (Lipinski definition) is 0. The zero-order valence-corrected chi connectivity index (χ0v) is 34.0. The summed E-state index contributed by atoms with van der Waals surface area (Å²) in [6.07, 6.45) is 5.15. The van der Waals surface area contributed by atoms with E-state index in [0.29, 0.717) is 5.92 Å². The van der Waals surface area contributed by atoms with Crippen LogP contribution in [0.2, 0.25) is 0 Å². The maximum Gasteiger partial charge on any atom is -1.00 e. The average molecular weight is 743 g/mol. The first kappa shape index (κ1) is 37.5. The number of fused-ring (bicyclic) bond motifs is 3. The van der Waals surface area contributed by atoms with Gasteiger partial charge < -0.3 is 24.8 Å². The van der Waals surface area contributed by atoms with Crippen LogP contribution in [-0.4, -0.2) is 4.21 Å². The minimum Gasteiger partial charge on any atom is -1.00 e. The molecule has 0 saturated heterocycles. The van der Waals surface area contributed by atoms with Crippen LogP contribution in [0.3, 0.4) is 0 Å². The van der Waals surface area contributed by atoms with Gasteiger partial charge in [-0.1, -0.05) is 0 Å². The van der Waals surface area contributed by atoms with Crippen molar-refractivity contribution in [1.82, 2.24) is 0 Å². The molecule has 1 atom stereocenters. The SMILES string of the molecule is [CH2]=[Zr+2]([C]1=CC(C(C)(C)C)=CC1C)([c]1ccccc1)([c]1ccccc1)[CH]1c2ccc(C(C)(C)C)cc2-c2cc(C(C)(C)C)ccc21.[Cl-].[Cl-]. The Morgan fingerprint density at radius 1 is 0.553 bits per heavy atom. The van der Waals surface area contributed by atoms with Crippen molar-refractivity contribution < 1.29 is 43.1 Å². The summed E-state index contributed by atoms with van der Waals surface area (Å²) in [5, 5.41) is 0. The van der Waals surface area contributed by atoms with Crippen molar-refractivity contribution in [3.8, 4) is 11.1 Å². The molecule has 4 aromatic carbocycles. The first-order chi connectivity index (χ1) is 21.0. The van der Waals surface area contributed by atoms with Gasteiger partial charge >= 0.3 is 276 Å². The van der Waals surface area contributed by atoms with E-state index in [1.54, 1.807) is 3.28 Å². The Labute approximate surface area is 298 Å². The Morgan fingerprint density at radius 3 is 1.30 bits per heavy atom. The summed E-state index contributed by atoms with van der Waals surface area (Å²) in [5.41, 5.74) is 10.1. The van der Waals surface area contributed by atoms with Crippen LogP contribution in [0.5, 0.6) is 0 Å². The van der Waals surface area contributed by atoms with Crippen LogP contribution in [0.15, 0.2) is 118 Å². The van der Waals surface area contributed by atoms with Gasteiger partial charge in [0.2, 0.25) is 0 Å². The largest absolute Gasteiger partial charge is 1.00 e. The second-order valence-electron chi connectivity index (χ2n) is 17.1. The third-order valence-corrected chi connectivity index (χ3v) is 28.5. The summed E-state index contributed by atoms with van der Waals surface area (Å²) in [5.74, 6) is 0.304. The summed E-state index contributed by atoms with van der Waals surface area (Å²) >= 11 is -4.87. The van der Waals surface area contributed by atoms with Gasteiger partial charge in [0, 0.05) is 0 Å². The fourth-order valence-corrected chi connectivity index (χ4v) is 26.5. The first-order valence-corrected chi connectivity index (χ1v) is 23.7. The summed E-state index contributed by atoms with van der Waals surface area (Å²) in [4.78, 5) is 0. The average Bonchev–Trinajstić information content (AvgIpc) is 3.55. The maximum atomic E-state index is 5.82. The third-order valence-electron chi connectivity index (χ3n) is 11.0. The minimum atomic E-state index is -4.87. The summed E-state index contributed by atoms with van der Waals surface area (Å²) in [7, 11) is 0. The van der Waals surface area contributed by atoms with Gasteiger partial charge in [-0.25, -0.2) is 0 Å². The molecular weight excluding hydrogens is 691 g/mol. The Hall–Kier alpha value is -2.31. The molecule has 0 radical (unpaired) electrons. The molecule has 0 fully saturated rings. The molecule has 0 bridgehead atoms. The fraction of sp³-hybridized carbons (Fsp3) is 0.341. The Bertz CT molecular complexity index is 1800. The second kappa shape index (κ2) is 12.5. The van der Waals surface area contributed by atoms with Crippen LogP contribution in [0.4, 0.5) is 0 Å². The first-order valence-electron chi connectivity index (χ1n) is 16.8. The number of allylic oxidation sites excluding steroid dienone is 4. The molecule has 0 heterocycles. The zero-order valence-electron chi connectivity index (χ0n) is 30.0. The molecule has 47 heavy (non-hydrogen) atoms. The number of benzene rings is 4. The molecule has 1 unspecified atom stereocenters. The molecular formula is C44H52Cl2Zr. The summed E-state index contributed by atoms with van der Waals surface area (Å²) < 4.78 is 10.4. The minimum absolute atomic E-state index is 0. The van der Waals surface area contributed by atoms with Gasteiger partial charge in [-0.15, -0.1) is 0 Å². The Balaban J connectivity index is 0.00000250. The van der Waals surface area contributed by atoms with Gasteiger partial charge in [0.25, 0.3) is 0 Å². The predicted octanol–water partition coefficient (Wildman–Crippen LogP) is 4.64. The molecule has 3 heteroatoms. The number of hydrogen-bond acceptors (Lipinski definition) is 0. The van der Waals surface area contributed by atoms with Gasteiger partial charge in [0.15, 0.2) is 0 Å². The molecule has 0 spiro atoms. The Morgan fingerprint density at radius 2 is 0.957 bits per heavy atom. The van der Waals surface area contributed by atoms with Crippen molar-refractivity contribution >= 4 is 10.8 Å². The van der Waals surface area contributed by atoms with E-state index >= 15 is 0 Å². The van der Waals surface area contributed by atoms with Crippen LogP contribution >= 0.6 is 0 Å². The van der Waals surface area contributed by atoms with E-state index in [9.17, 15) is 0 Å². The van der Waals surface area contributed by atoms with E-state index in [0.717, 1.165) is 0 Å². The van der Waals surface area contributed by atoms with Crippen molar-refractivity contribution in [2.75, 3.05) is 0 Å². The van der Waals surface area contributed by atoms with Gasteiger partial charge in [-0.3, -0.25) is 0 Å². The molecule has 2 aliphatic carbocycles. The van der Waals surface area contributed by atoms with Gasteiger partial charge in [0.1, 0.15) is 0 Å². The van der Waals surface area contributed by atoms with Crippen molar-refractivity contribution in [2.24, 2.45) is 11.3 Å². The molecule has 6 rings (SSSR count). The number of rotatable bonds is 4. The summed E-state index contributed by atoms with van der Waals surface area (Å²) in [6, 6.07) is 37.8. The van der Waals surface area contributed by atoms with Crippen LogP contribution < -0.4 is 31.4 Å². The molecule has 4 aromatic rings. The standard InChI is InChI=1S/C21H25.C10H15.2C6H5.CH2.2ClH.Zr/c1-20(2,3)16-9-7-14-11-15-8-10-17(21(4,5)6)13-19(15)18(14)12-16;1-8-5-6-9(7-8)10(2,3)4;2*1-2-4-6-5-3-1;;;;/h7-13H,1-6H3;6-8H,1-4H3;2*1-5H;1H2;2*1H;/q;;;;;;;+2/p-2. The monoisotopic (exact) mass is 740 g/mol. The molecule has 0 saturated carbocycles. The van der Waals surface area contributed by atoms with Crippen LogP contribution in [0, 0.1) is 11.3 Å². The van der Waals surface area contributed by atoms with Crippen LogP contribution in [-0.2, 0) is 29.1 Å². The van der Waals surface area contributed by atoms with Gasteiger partial charge in [-0.2, -0.15) is 0 Å². The van der Waals surface area contributed by atoms with Crippen molar-refractivity contribution in [3.05, 3.63) is 140 Å². The molecule has 2 aliphatic rings. The van der Waals surface area contributed by atoms with Crippen LogP contribution in [0.1, 0.15) is 95.1 Å². The normalized spacial score (nSPS) is 16.3. The molecule has 0 aliphatic heterocycles. The van der Waals surface area contributed by atoms with E-state index in [2.05, 4.69) is 178 Å². The van der Waals surface area contributed by atoms with E-state index in [4.69, 9.17) is 4.21 Å². The van der Waals surface area contributed by atoms with Gasteiger partial charge in [0.05, 0.1) is 0 Å². The fourth-order valence-electron chi connectivity index (χ4n) is 8.36. The molecule has 0 nitrogen and oxygen atoms in total. The number of halogens is 2. The molecule has 246 valence electrons. The molecule has 0 amide bonds. The van der Waals surface area contributed by atoms with Crippen molar-refractivity contribution in [2.45, 2.75) is 83.7 Å². The van der Waals surface area contributed by atoms with Crippen molar-refractivity contribution in [3.63, 3.8) is 0 Å². The van der Waals surface area contributed by atoms with E-state index in [1.807, 2.05) is 0 Å². The topological polar surface area (TPSA) is 0 Å². The summed E-state index contributed by atoms with van der Waals surface area (Å²) in [6.45, 7) is 23.5. The molecule has 0 N–H and O–H groups in total. The Kier molecular flexibility index (Phi) is 10.0. The van der Waals surface area contributed by atoms with E-state index in [-0.39, 0.29) is 44.7 Å². The second-order valence-corrected chi connectivity index (χ2v) is 30.3. The third kappa shape index (κ3) is 5.88. The van der Waals surface area contributed by atoms with E-state index < -0.39 is 18.3 Å². The predicted molar refractivity (Wildman–Crippen MR) is 195 cm³/mol. The zero-order chi connectivity index (χ0) is 32.6.